The molecule has 3 aromatic rings. The fourth-order valence-corrected chi connectivity index (χ4v) is 2.09. The number of pyridine rings is 1. The van der Waals surface area contributed by atoms with E-state index in [1.165, 1.54) is 12.3 Å². The van der Waals surface area contributed by atoms with E-state index in [1.807, 2.05) is 19.1 Å². The topological polar surface area (TPSA) is 115 Å². The Morgan fingerprint density at radius 2 is 2.17 bits per heavy atom. The molecule has 2 N–H and O–H groups in total. The van der Waals surface area contributed by atoms with E-state index in [4.69, 9.17) is 5.11 Å². The van der Waals surface area contributed by atoms with Crippen LogP contribution in [0.4, 0.5) is 10.6 Å². The molecule has 0 aliphatic rings. The molecule has 0 atom stereocenters. The first-order valence-electron chi connectivity index (χ1n) is 7.06. The van der Waals surface area contributed by atoms with Gasteiger partial charge >= 0.3 is 6.09 Å². The van der Waals surface area contributed by atoms with Crippen molar-refractivity contribution in [3.05, 3.63) is 54.1 Å². The number of anilines is 1. The smallest absolute Gasteiger partial charge is 0.432 e. The second-order valence-corrected chi connectivity index (χ2v) is 5.14. The van der Waals surface area contributed by atoms with E-state index in [0.717, 1.165) is 10.2 Å². The Labute approximate surface area is 136 Å². The van der Waals surface area contributed by atoms with Crippen molar-refractivity contribution in [1.29, 1.82) is 0 Å². The number of rotatable bonds is 4. The normalized spacial score (nSPS) is 10.5. The summed E-state index contributed by atoms with van der Waals surface area (Å²) in [7, 11) is 0. The van der Waals surface area contributed by atoms with Gasteiger partial charge in [0.2, 0.25) is 5.91 Å². The molecule has 0 spiro atoms. The Bertz CT molecular complexity index is 898. The fraction of sp³-hybridized carbons (Fsp3) is 0.133. The molecule has 3 aromatic heterocycles. The molecule has 9 heteroatoms. The minimum Gasteiger partial charge on any atom is -0.463 e. The van der Waals surface area contributed by atoms with Gasteiger partial charge in [0.05, 0.1) is 12.6 Å². The van der Waals surface area contributed by atoms with Gasteiger partial charge in [-0.1, -0.05) is 0 Å². The number of hydrogen-bond donors (Lipinski definition) is 2. The molecule has 0 aliphatic carbocycles. The largest absolute Gasteiger partial charge is 0.463 e. The van der Waals surface area contributed by atoms with E-state index in [0.29, 0.717) is 11.4 Å². The van der Waals surface area contributed by atoms with E-state index in [2.05, 4.69) is 20.5 Å². The predicted molar refractivity (Wildman–Crippen MR) is 84.1 cm³/mol. The number of carboxylic acid groups (broad SMARTS) is 1. The SMILES string of the molecule is Cc1ccnc(-n2cc(CC(=O)Nc3ccn(C(=O)O)n3)cn2)c1. The molecule has 3 rings (SSSR count). The number of nitrogens with one attached hydrogen (secondary N) is 1. The molecule has 9 nitrogen and oxygen atoms in total. The first-order chi connectivity index (χ1) is 11.5. The van der Waals surface area contributed by atoms with Crippen LogP contribution in [-0.2, 0) is 11.2 Å². The van der Waals surface area contributed by atoms with Crippen molar-refractivity contribution in [3.63, 3.8) is 0 Å². The van der Waals surface area contributed by atoms with Crippen LogP contribution in [0.3, 0.4) is 0 Å². The van der Waals surface area contributed by atoms with Crippen molar-refractivity contribution in [2.24, 2.45) is 0 Å². The third-order valence-electron chi connectivity index (χ3n) is 3.19. The predicted octanol–water partition coefficient (Wildman–Crippen LogP) is 1.48. The number of carbonyl (C=O) groups is 2. The van der Waals surface area contributed by atoms with Crippen molar-refractivity contribution in [1.82, 2.24) is 24.5 Å². The van der Waals surface area contributed by atoms with Gasteiger partial charge in [0.25, 0.3) is 0 Å². The van der Waals surface area contributed by atoms with E-state index >= 15 is 0 Å². The fourth-order valence-electron chi connectivity index (χ4n) is 2.09. The van der Waals surface area contributed by atoms with Crippen LogP contribution in [-0.4, -0.2) is 41.7 Å². The average molecular weight is 326 g/mol. The highest BCUT2D eigenvalue weighted by atomic mass is 16.4. The Kier molecular flexibility index (Phi) is 4.06. The molecule has 3 heterocycles. The second kappa shape index (κ2) is 6.32. The second-order valence-electron chi connectivity index (χ2n) is 5.14. The number of amides is 1. The number of hydrogen-bond acceptors (Lipinski definition) is 5. The summed E-state index contributed by atoms with van der Waals surface area (Å²) in [6, 6.07) is 5.18. The molecule has 0 unspecified atom stereocenters. The van der Waals surface area contributed by atoms with Gasteiger partial charge in [-0.05, 0) is 30.2 Å². The van der Waals surface area contributed by atoms with Gasteiger partial charge in [-0.15, -0.1) is 5.10 Å². The Hall–Kier alpha value is -3.49. The monoisotopic (exact) mass is 326 g/mol. The molecule has 0 saturated carbocycles. The van der Waals surface area contributed by atoms with Crippen LogP contribution >= 0.6 is 0 Å². The van der Waals surface area contributed by atoms with Crippen LogP contribution in [0.5, 0.6) is 0 Å². The van der Waals surface area contributed by atoms with E-state index in [-0.39, 0.29) is 18.1 Å². The van der Waals surface area contributed by atoms with Crippen LogP contribution in [0.1, 0.15) is 11.1 Å². The highest BCUT2D eigenvalue weighted by molar-refractivity contribution is 5.91. The molecule has 122 valence electrons. The molecule has 0 radical (unpaired) electrons. The summed E-state index contributed by atoms with van der Waals surface area (Å²) >= 11 is 0. The molecular formula is C15H14N6O3. The van der Waals surface area contributed by atoms with Gasteiger partial charge in [-0.2, -0.15) is 9.78 Å². The lowest BCUT2D eigenvalue weighted by Gasteiger charge is -2.01. The summed E-state index contributed by atoms with van der Waals surface area (Å²) in [6.07, 6.45) is 5.11. The third-order valence-corrected chi connectivity index (χ3v) is 3.19. The Balaban J connectivity index is 1.65. The first kappa shape index (κ1) is 15.4. The molecule has 1 amide bonds. The summed E-state index contributed by atoms with van der Waals surface area (Å²) in [5, 5.41) is 19.2. The molecule has 0 aromatic carbocycles. The highest BCUT2D eigenvalue weighted by Crippen LogP contribution is 2.09. The maximum atomic E-state index is 12.0. The summed E-state index contributed by atoms with van der Waals surface area (Å²) in [5.74, 6) is 0.527. The van der Waals surface area contributed by atoms with Gasteiger partial charge in [0, 0.05) is 24.7 Å². The Morgan fingerprint density at radius 3 is 2.88 bits per heavy atom. The molecule has 0 bridgehead atoms. The zero-order valence-corrected chi connectivity index (χ0v) is 12.7. The minimum atomic E-state index is -1.22. The number of aromatic nitrogens is 5. The zero-order valence-electron chi connectivity index (χ0n) is 12.7. The molecule has 0 aliphatic heterocycles. The molecular weight excluding hydrogens is 312 g/mol. The average Bonchev–Trinajstić information content (AvgIpc) is 3.17. The van der Waals surface area contributed by atoms with E-state index in [1.54, 1.807) is 23.3 Å². The minimum absolute atomic E-state index is 0.0890. The van der Waals surface area contributed by atoms with Gasteiger partial charge in [-0.25, -0.2) is 14.5 Å². The lowest BCUT2D eigenvalue weighted by atomic mass is 10.2. The number of nitrogens with zero attached hydrogens (tertiary/aromatic N) is 5. The third kappa shape index (κ3) is 3.46. The summed E-state index contributed by atoms with van der Waals surface area (Å²) in [4.78, 5) is 26.9. The Morgan fingerprint density at radius 1 is 1.33 bits per heavy atom. The van der Waals surface area contributed by atoms with Crippen LogP contribution in [0.25, 0.3) is 5.82 Å². The van der Waals surface area contributed by atoms with E-state index < -0.39 is 6.09 Å². The van der Waals surface area contributed by atoms with E-state index in [9.17, 15) is 9.59 Å². The lowest BCUT2D eigenvalue weighted by molar-refractivity contribution is -0.115. The highest BCUT2D eigenvalue weighted by Gasteiger charge is 2.10. The molecule has 0 saturated heterocycles. The maximum Gasteiger partial charge on any atom is 0.432 e. The first-order valence-corrected chi connectivity index (χ1v) is 7.06. The number of aryl methyl sites for hydroxylation is 1. The zero-order chi connectivity index (χ0) is 17.1. The standard InChI is InChI=1S/C15H14N6O3/c1-10-2-4-16-13(6-10)21-9-11(8-17-21)7-14(22)18-12-3-5-20(19-12)15(23)24/h2-6,8-9H,7H2,1H3,(H,23,24)(H,18,19,22). The van der Waals surface area contributed by atoms with Crippen molar-refractivity contribution in [2.75, 3.05) is 5.32 Å². The van der Waals surface area contributed by atoms with Crippen molar-refractivity contribution in [3.8, 4) is 5.82 Å². The van der Waals surface area contributed by atoms with Gasteiger partial charge in [0.15, 0.2) is 11.6 Å². The number of carbonyl (C=O) groups excluding carboxylic acids is 1. The van der Waals surface area contributed by atoms with Crippen molar-refractivity contribution >= 4 is 17.8 Å². The quantitative estimate of drug-likeness (QED) is 0.750. The van der Waals surface area contributed by atoms with Crippen LogP contribution in [0, 0.1) is 6.92 Å². The van der Waals surface area contributed by atoms with Gasteiger partial charge in [0.1, 0.15) is 0 Å². The van der Waals surface area contributed by atoms with Crippen LogP contribution in [0.2, 0.25) is 0 Å². The van der Waals surface area contributed by atoms with Crippen LogP contribution < -0.4 is 5.32 Å². The lowest BCUT2D eigenvalue weighted by Crippen LogP contribution is -2.15. The molecule has 24 heavy (non-hydrogen) atoms. The summed E-state index contributed by atoms with van der Waals surface area (Å²) < 4.78 is 2.31. The van der Waals surface area contributed by atoms with Crippen LogP contribution in [0.15, 0.2) is 43.0 Å². The van der Waals surface area contributed by atoms with Crippen molar-refractivity contribution in [2.45, 2.75) is 13.3 Å². The molecule has 0 fully saturated rings. The van der Waals surface area contributed by atoms with Gasteiger partial charge < -0.3 is 10.4 Å². The van der Waals surface area contributed by atoms with Crippen molar-refractivity contribution < 1.29 is 14.7 Å². The summed E-state index contributed by atoms with van der Waals surface area (Å²) in [5.41, 5.74) is 1.76. The van der Waals surface area contributed by atoms with Gasteiger partial charge in [-0.3, -0.25) is 4.79 Å². The maximum absolute atomic E-state index is 12.0. The summed E-state index contributed by atoms with van der Waals surface area (Å²) in [6.45, 7) is 1.96.